The molecule has 0 unspecified atom stereocenters. The quantitative estimate of drug-likeness (QED) is 0.691. The van der Waals surface area contributed by atoms with Gasteiger partial charge in [-0.05, 0) is 43.9 Å². The average Bonchev–Trinajstić information content (AvgIpc) is 3.28. The lowest BCUT2D eigenvalue weighted by Gasteiger charge is -2.31. The zero-order chi connectivity index (χ0) is 20.4. The van der Waals surface area contributed by atoms with Gasteiger partial charge in [0.1, 0.15) is 11.3 Å². The summed E-state index contributed by atoms with van der Waals surface area (Å²) >= 11 is 0. The first-order valence-electron chi connectivity index (χ1n) is 9.48. The van der Waals surface area contributed by atoms with Crippen LogP contribution < -0.4 is 0 Å². The molecule has 9 heteroatoms. The monoisotopic (exact) mass is 404 g/mol. The first-order chi connectivity index (χ1) is 13.8. The molecule has 1 N–H and O–H groups in total. The van der Waals surface area contributed by atoms with Crippen molar-refractivity contribution >= 4 is 11.2 Å². The summed E-state index contributed by atoms with van der Waals surface area (Å²) in [6, 6.07) is 1.95. The molecule has 2 aromatic heterocycles. The Kier molecular flexibility index (Phi) is 3.90. The summed E-state index contributed by atoms with van der Waals surface area (Å²) in [5.74, 6) is -0.480. The van der Waals surface area contributed by atoms with Crippen LogP contribution in [-0.4, -0.2) is 38.1 Å². The average molecular weight is 404 g/mol. The van der Waals surface area contributed by atoms with Crippen molar-refractivity contribution in [1.29, 1.82) is 0 Å². The van der Waals surface area contributed by atoms with Crippen LogP contribution in [-0.2, 0) is 10.9 Å². The fraction of sp³-hybridized carbons (Fsp3) is 0.450. The molecule has 1 aromatic carbocycles. The van der Waals surface area contributed by atoms with Crippen LogP contribution >= 0.6 is 0 Å². The second-order valence-corrected chi connectivity index (χ2v) is 7.98. The van der Waals surface area contributed by atoms with Crippen molar-refractivity contribution in [1.82, 2.24) is 19.7 Å². The first-order valence-corrected chi connectivity index (χ1v) is 9.48. The fourth-order valence-electron chi connectivity index (χ4n) is 4.29. The lowest BCUT2D eigenvalue weighted by molar-refractivity contribution is -0.137. The molecule has 0 bridgehead atoms. The van der Waals surface area contributed by atoms with E-state index in [4.69, 9.17) is 4.74 Å². The number of hydrogen-bond acceptors (Lipinski definition) is 5. The number of nitrogens with zero attached hydrogens (tertiary/aromatic N) is 4. The molecule has 0 radical (unpaired) electrons. The summed E-state index contributed by atoms with van der Waals surface area (Å²) in [4.78, 5) is 8.86. The van der Waals surface area contributed by atoms with Crippen molar-refractivity contribution in [3.05, 3.63) is 35.7 Å². The number of aromatic nitrogens is 4. The predicted octanol–water partition coefficient (Wildman–Crippen LogP) is 4.27. The highest BCUT2D eigenvalue weighted by atomic mass is 19.4. The first kappa shape index (κ1) is 18.4. The molecule has 0 amide bonds. The van der Waals surface area contributed by atoms with Crippen molar-refractivity contribution in [3.8, 4) is 17.0 Å². The Hall–Kier alpha value is -2.68. The number of rotatable bonds is 2. The number of halogens is 3. The second-order valence-electron chi connectivity index (χ2n) is 7.98. The summed E-state index contributed by atoms with van der Waals surface area (Å²) in [5, 5.41) is 14.8. The van der Waals surface area contributed by atoms with Gasteiger partial charge >= 0.3 is 6.18 Å². The maximum Gasteiger partial charge on any atom is 0.416 e. The summed E-state index contributed by atoms with van der Waals surface area (Å²) in [5.41, 5.74) is 1.05. The van der Waals surface area contributed by atoms with Gasteiger partial charge in [-0.2, -0.15) is 18.3 Å². The van der Waals surface area contributed by atoms with Gasteiger partial charge in [-0.1, -0.05) is 0 Å². The van der Waals surface area contributed by atoms with E-state index in [0.717, 1.165) is 31.9 Å². The normalized spacial score (nSPS) is 21.0. The van der Waals surface area contributed by atoms with Crippen LogP contribution in [0.4, 0.5) is 13.2 Å². The van der Waals surface area contributed by atoms with E-state index in [9.17, 15) is 18.3 Å². The van der Waals surface area contributed by atoms with Crippen molar-refractivity contribution in [3.63, 3.8) is 0 Å². The zero-order valence-electron chi connectivity index (χ0n) is 15.7. The number of phenolic OH excluding ortho intramolecular Hbond substituents is 1. The number of alkyl halides is 3. The van der Waals surface area contributed by atoms with Crippen LogP contribution in [0, 0.1) is 12.3 Å². The van der Waals surface area contributed by atoms with Crippen LogP contribution in [0.3, 0.4) is 0 Å². The number of aromatic hydroxyl groups is 1. The van der Waals surface area contributed by atoms with Gasteiger partial charge in [0.2, 0.25) is 0 Å². The Morgan fingerprint density at radius 1 is 1.28 bits per heavy atom. The third-order valence-electron chi connectivity index (χ3n) is 5.99. The second kappa shape index (κ2) is 6.16. The zero-order valence-corrected chi connectivity index (χ0v) is 15.7. The predicted molar refractivity (Wildman–Crippen MR) is 98.3 cm³/mol. The number of hydrogen-bond donors (Lipinski definition) is 1. The molecule has 1 atom stereocenters. The van der Waals surface area contributed by atoms with Crippen LogP contribution in [0.1, 0.15) is 36.4 Å². The van der Waals surface area contributed by atoms with Gasteiger partial charge in [0.05, 0.1) is 36.3 Å². The molecule has 152 valence electrons. The fourth-order valence-corrected chi connectivity index (χ4v) is 4.29. The Balaban J connectivity index is 1.54. The molecule has 1 saturated carbocycles. The number of benzene rings is 1. The van der Waals surface area contributed by atoms with Gasteiger partial charge in [0.15, 0.2) is 5.65 Å². The van der Waals surface area contributed by atoms with E-state index in [2.05, 4.69) is 15.1 Å². The van der Waals surface area contributed by atoms with E-state index < -0.39 is 17.5 Å². The summed E-state index contributed by atoms with van der Waals surface area (Å²) in [6.07, 6.45) is 1.89. The largest absolute Gasteiger partial charge is 0.507 e. The lowest BCUT2D eigenvalue weighted by Crippen LogP contribution is -2.31. The Morgan fingerprint density at radius 3 is 2.76 bits per heavy atom. The highest BCUT2D eigenvalue weighted by molar-refractivity contribution is 5.77. The highest BCUT2D eigenvalue weighted by Gasteiger charge is 2.52. The molecule has 1 aliphatic carbocycles. The molecule has 1 spiro atoms. The molecule has 1 saturated heterocycles. The van der Waals surface area contributed by atoms with Gasteiger partial charge in [-0.3, -0.25) is 4.68 Å². The van der Waals surface area contributed by atoms with E-state index in [1.165, 1.54) is 13.1 Å². The highest BCUT2D eigenvalue weighted by Crippen LogP contribution is 2.57. The molecule has 3 aromatic rings. The van der Waals surface area contributed by atoms with Crippen molar-refractivity contribution in [2.45, 2.75) is 38.4 Å². The SMILES string of the molecule is Cc1cc(C(F)(F)F)cc(O)c1-c1cnc2cn([C@@H]3CCOCC34CC4)nc2n1. The summed E-state index contributed by atoms with van der Waals surface area (Å²) in [7, 11) is 0. The smallest absolute Gasteiger partial charge is 0.416 e. The molecule has 2 aliphatic rings. The topological polar surface area (TPSA) is 73.1 Å². The number of phenols is 1. The van der Waals surface area contributed by atoms with Crippen molar-refractivity contribution < 1.29 is 23.0 Å². The molecule has 6 nitrogen and oxygen atoms in total. The van der Waals surface area contributed by atoms with Gasteiger partial charge in [-0.25, -0.2) is 9.97 Å². The molecule has 2 fully saturated rings. The Morgan fingerprint density at radius 2 is 2.07 bits per heavy atom. The van der Waals surface area contributed by atoms with Gasteiger partial charge in [-0.15, -0.1) is 0 Å². The van der Waals surface area contributed by atoms with E-state index in [1.54, 1.807) is 0 Å². The Bertz CT molecular complexity index is 1080. The minimum absolute atomic E-state index is 0.144. The Labute approximate surface area is 164 Å². The van der Waals surface area contributed by atoms with Gasteiger partial charge in [0.25, 0.3) is 0 Å². The van der Waals surface area contributed by atoms with Crippen LogP contribution in [0.5, 0.6) is 5.75 Å². The third kappa shape index (κ3) is 3.04. The molecule has 3 heterocycles. The van der Waals surface area contributed by atoms with Gasteiger partial charge in [0, 0.05) is 17.6 Å². The molecule has 29 heavy (non-hydrogen) atoms. The number of fused-ring (bicyclic) bond motifs is 1. The molecular weight excluding hydrogens is 385 g/mol. The van der Waals surface area contributed by atoms with E-state index in [1.807, 2.05) is 10.9 Å². The van der Waals surface area contributed by atoms with Crippen LogP contribution in [0.25, 0.3) is 22.4 Å². The molecule has 1 aliphatic heterocycles. The van der Waals surface area contributed by atoms with E-state index >= 15 is 0 Å². The van der Waals surface area contributed by atoms with Crippen LogP contribution in [0.2, 0.25) is 0 Å². The van der Waals surface area contributed by atoms with Gasteiger partial charge < -0.3 is 9.84 Å². The molecule has 5 rings (SSSR count). The maximum absolute atomic E-state index is 13.0. The van der Waals surface area contributed by atoms with Crippen LogP contribution in [0.15, 0.2) is 24.5 Å². The van der Waals surface area contributed by atoms with E-state index in [0.29, 0.717) is 29.5 Å². The van der Waals surface area contributed by atoms with Crippen molar-refractivity contribution in [2.75, 3.05) is 13.2 Å². The van der Waals surface area contributed by atoms with E-state index in [-0.39, 0.29) is 22.6 Å². The summed E-state index contributed by atoms with van der Waals surface area (Å²) < 4.78 is 46.5. The minimum atomic E-state index is -4.53. The molecular formula is C20H19F3N4O2. The third-order valence-corrected chi connectivity index (χ3v) is 5.99. The lowest BCUT2D eigenvalue weighted by atomic mass is 9.93. The summed E-state index contributed by atoms with van der Waals surface area (Å²) in [6.45, 7) is 2.93. The standard InChI is InChI=1S/C20H19F3N4O2/c1-11-6-12(20(21,22)23)7-15(28)17(11)13-8-24-14-9-27(26-18(14)25-13)16-2-5-29-10-19(16)3-4-19/h6-9,16,28H,2-5,10H2,1H3/t16-/m1/s1. The minimum Gasteiger partial charge on any atom is -0.507 e. The number of ether oxygens (including phenoxy) is 1. The number of aryl methyl sites for hydroxylation is 1. The maximum atomic E-state index is 13.0. The van der Waals surface area contributed by atoms with Crippen molar-refractivity contribution in [2.24, 2.45) is 5.41 Å².